The van der Waals surface area contributed by atoms with Crippen LogP contribution in [0.4, 0.5) is 0 Å². The van der Waals surface area contributed by atoms with Crippen LogP contribution in [0.25, 0.3) is 6.08 Å². The smallest absolute Gasteiger partial charge is 0.150 e. The summed E-state index contributed by atoms with van der Waals surface area (Å²) in [6, 6.07) is 5.93. The van der Waals surface area contributed by atoms with Crippen molar-refractivity contribution in [3.8, 4) is 0 Å². The summed E-state index contributed by atoms with van der Waals surface area (Å²) in [5.41, 5.74) is 3.48. The Kier molecular flexibility index (Phi) is 2.03. The second kappa shape index (κ2) is 3.09. The van der Waals surface area contributed by atoms with Crippen LogP contribution in [-0.4, -0.2) is 6.29 Å². The van der Waals surface area contributed by atoms with Gasteiger partial charge in [0.1, 0.15) is 6.29 Å². The van der Waals surface area contributed by atoms with E-state index in [1.165, 1.54) is 11.1 Å². The topological polar surface area (TPSA) is 17.1 Å². The van der Waals surface area contributed by atoms with Crippen LogP contribution >= 0.6 is 0 Å². The van der Waals surface area contributed by atoms with Crippen molar-refractivity contribution in [2.24, 2.45) is 0 Å². The molecule has 1 aliphatic carbocycles. The van der Waals surface area contributed by atoms with Gasteiger partial charge in [-0.1, -0.05) is 38.1 Å². The van der Waals surface area contributed by atoms with Gasteiger partial charge in [0.25, 0.3) is 0 Å². The van der Waals surface area contributed by atoms with E-state index >= 15 is 0 Å². The molecule has 0 unspecified atom stereocenters. The molecule has 1 aromatic carbocycles. The maximum Gasteiger partial charge on any atom is 0.150 e. The van der Waals surface area contributed by atoms with Crippen molar-refractivity contribution < 1.29 is 4.79 Å². The summed E-state index contributed by atoms with van der Waals surface area (Å²) in [5.74, 6) is 0. The number of allylic oxidation sites excluding steroid dienone is 1. The molecule has 1 aromatic rings. The van der Waals surface area contributed by atoms with Crippen molar-refractivity contribution >= 4 is 12.4 Å². The van der Waals surface area contributed by atoms with Gasteiger partial charge in [0.05, 0.1) is 0 Å². The van der Waals surface area contributed by atoms with Crippen LogP contribution in [-0.2, 0) is 5.41 Å². The molecule has 0 saturated carbocycles. The highest BCUT2D eigenvalue weighted by Crippen LogP contribution is 2.35. The summed E-state index contributed by atoms with van der Waals surface area (Å²) in [7, 11) is 0. The summed E-state index contributed by atoms with van der Waals surface area (Å²) in [5, 5.41) is 0. The van der Waals surface area contributed by atoms with Crippen molar-refractivity contribution in [3.05, 3.63) is 41.0 Å². The van der Waals surface area contributed by atoms with E-state index in [0.29, 0.717) is 0 Å². The van der Waals surface area contributed by atoms with Crippen LogP contribution in [0.2, 0.25) is 0 Å². The molecule has 0 N–H and O–H groups in total. The maximum atomic E-state index is 10.6. The lowest BCUT2D eigenvalue weighted by Gasteiger charge is -2.29. The van der Waals surface area contributed by atoms with Crippen molar-refractivity contribution in [3.63, 3.8) is 0 Å². The monoisotopic (exact) mass is 186 g/mol. The van der Waals surface area contributed by atoms with E-state index in [0.717, 1.165) is 18.3 Å². The molecule has 0 heterocycles. The van der Waals surface area contributed by atoms with E-state index in [1.807, 2.05) is 12.1 Å². The minimum absolute atomic E-state index is 0.200. The SMILES string of the molecule is CC1(C)CC=Cc2cc(C=O)ccc21. The Labute approximate surface area is 84.5 Å². The minimum Gasteiger partial charge on any atom is -0.298 e. The number of benzene rings is 1. The molecule has 2 rings (SSSR count). The Morgan fingerprint density at radius 1 is 1.36 bits per heavy atom. The molecule has 1 heteroatoms. The first-order valence-electron chi connectivity index (χ1n) is 4.90. The fourth-order valence-electron chi connectivity index (χ4n) is 2.00. The zero-order valence-electron chi connectivity index (χ0n) is 8.58. The summed E-state index contributed by atoms with van der Waals surface area (Å²) in [6.07, 6.45) is 6.25. The number of aldehydes is 1. The second-order valence-corrected chi connectivity index (χ2v) is 4.45. The second-order valence-electron chi connectivity index (χ2n) is 4.45. The molecule has 0 amide bonds. The van der Waals surface area contributed by atoms with Crippen molar-refractivity contribution in [1.29, 1.82) is 0 Å². The molecule has 72 valence electrons. The predicted molar refractivity (Wildman–Crippen MR) is 58.5 cm³/mol. The molecule has 0 saturated heterocycles. The van der Waals surface area contributed by atoms with Crippen LogP contribution in [0.1, 0.15) is 41.8 Å². The predicted octanol–water partition coefficient (Wildman–Crippen LogP) is 3.19. The minimum atomic E-state index is 0.200. The Balaban J connectivity index is 2.58. The molecule has 0 spiro atoms. The van der Waals surface area contributed by atoms with Gasteiger partial charge in [0.2, 0.25) is 0 Å². The van der Waals surface area contributed by atoms with Crippen LogP contribution in [0.5, 0.6) is 0 Å². The summed E-state index contributed by atoms with van der Waals surface area (Å²) in [6.45, 7) is 4.46. The third kappa shape index (κ3) is 1.39. The number of fused-ring (bicyclic) bond motifs is 1. The van der Waals surface area contributed by atoms with E-state index in [2.05, 4.69) is 32.1 Å². The van der Waals surface area contributed by atoms with E-state index in [-0.39, 0.29) is 5.41 Å². The number of carbonyl (C=O) groups excluding carboxylic acids is 1. The Morgan fingerprint density at radius 2 is 2.14 bits per heavy atom. The van der Waals surface area contributed by atoms with Gasteiger partial charge in [-0.05, 0) is 29.0 Å². The van der Waals surface area contributed by atoms with E-state index in [4.69, 9.17) is 0 Å². The van der Waals surface area contributed by atoms with Gasteiger partial charge < -0.3 is 0 Å². The maximum absolute atomic E-state index is 10.6. The molecule has 1 nitrogen and oxygen atoms in total. The van der Waals surface area contributed by atoms with E-state index in [9.17, 15) is 4.79 Å². The van der Waals surface area contributed by atoms with E-state index < -0.39 is 0 Å². The van der Waals surface area contributed by atoms with Gasteiger partial charge in [-0.25, -0.2) is 0 Å². The van der Waals surface area contributed by atoms with Crippen molar-refractivity contribution in [2.75, 3.05) is 0 Å². The van der Waals surface area contributed by atoms with Crippen LogP contribution in [0.15, 0.2) is 24.3 Å². The van der Waals surface area contributed by atoms with Gasteiger partial charge in [0.15, 0.2) is 0 Å². The lowest BCUT2D eigenvalue weighted by atomic mass is 9.75. The quantitative estimate of drug-likeness (QED) is 0.615. The molecule has 0 aromatic heterocycles. The van der Waals surface area contributed by atoms with Gasteiger partial charge >= 0.3 is 0 Å². The molecule has 1 aliphatic rings. The average molecular weight is 186 g/mol. The van der Waals surface area contributed by atoms with Gasteiger partial charge in [-0.3, -0.25) is 4.79 Å². The molecule has 0 atom stereocenters. The van der Waals surface area contributed by atoms with Gasteiger partial charge in [-0.15, -0.1) is 0 Å². The fraction of sp³-hybridized carbons (Fsp3) is 0.308. The highest BCUT2D eigenvalue weighted by molar-refractivity contribution is 5.77. The zero-order valence-corrected chi connectivity index (χ0v) is 8.58. The summed E-state index contributed by atoms with van der Waals surface area (Å²) >= 11 is 0. The molecule has 0 radical (unpaired) electrons. The van der Waals surface area contributed by atoms with Crippen LogP contribution in [0.3, 0.4) is 0 Å². The summed E-state index contributed by atoms with van der Waals surface area (Å²) < 4.78 is 0. The van der Waals surface area contributed by atoms with Crippen LogP contribution in [0, 0.1) is 0 Å². The number of rotatable bonds is 1. The fourth-order valence-corrected chi connectivity index (χ4v) is 2.00. The first kappa shape index (κ1) is 9.20. The molecule has 0 fully saturated rings. The molecule has 0 bridgehead atoms. The number of carbonyl (C=O) groups is 1. The van der Waals surface area contributed by atoms with Gasteiger partial charge in [-0.2, -0.15) is 0 Å². The third-order valence-electron chi connectivity index (χ3n) is 2.87. The number of hydrogen-bond acceptors (Lipinski definition) is 1. The zero-order chi connectivity index (χ0) is 10.2. The first-order valence-corrected chi connectivity index (χ1v) is 4.90. The Bertz CT molecular complexity index is 400. The van der Waals surface area contributed by atoms with E-state index in [1.54, 1.807) is 0 Å². The average Bonchev–Trinajstić information content (AvgIpc) is 2.16. The third-order valence-corrected chi connectivity index (χ3v) is 2.87. The molecule has 14 heavy (non-hydrogen) atoms. The lowest BCUT2D eigenvalue weighted by Crippen LogP contribution is -2.19. The highest BCUT2D eigenvalue weighted by atomic mass is 16.1. The molecular formula is C13H14O. The first-order chi connectivity index (χ1) is 6.63. The van der Waals surface area contributed by atoms with Crippen molar-refractivity contribution in [2.45, 2.75) is 25.7 Å². The normalized spacial score (nSPS) is 17.6. The number of hydrogen-bond donors (Lipinski definition) is 0. The molecular weight excluding hydrogens is 172 g/mol. The standard InChI is InChI=1S/C13H14O/c1-13(2)7-3-4-11-8-10(9-14)5-6-12(11)13/h3-6,8-9H,7H2,1-2H3. The van der Waals surface area contributed by atoms with Gasteiger partial charge in [0, 0.05) is 5.56 Å². The van der Waals surface area contributed by atoms with Crippen LogP contribution < -0.4 is 0 Å². The Hall–Kier alpha value is -1.37. The lowest BCUT2D eigenvalue weighted by molar-refractivity contribution is 0.112. The van der Waals surface area contributed by atoms with Crippen molar-refractivity contribution in [1.82, 2.24) is 0 Å². The Morgan fingerprint density at radius 3 is 2.86 bits per heavy atom. The largest absolute Gasteiger partial charge is 0.298 e. The molecule has 0 aliphatic heterocycles. The summed E-state index contributed by atoms with van der Waals surface area (Å²) in [4.78, 5) is 10.6. The highest BCUT2D eigenvalue weighted by Gasteiger charge is 2.24.